The Balaban J connectivity index is 2.02. The van der Waals surface area contributed by atoms with Gasteiger partial charge in [0, 0.05) is 13.1 Å². The predicted octanol–water partition coefficient (Wildman–Crippen LogP) is 0.776. The molecule has 1 aliphatic heterocycles. The molecule has 7 heteroatoms. The van der Waals surface area contributed by atoms with Crippen molar-refractivity contribution in [1.82, 2.24) is 19.9 Å². The van der Waals surface area contributed by atoms with Gasteiger partial charge in [-0.3, -0.25) is 4.79 Å². The van der Waals surface area contributed by atoms with E-state index in [-0.39, 0.29) is 24.8 Å². The van der Waals surface area contributed by atoms with E-state index in [2.05, 4.69) is 10.3 Å². The van der Waals surface area contributed by atoms with Gasteiger partial charge < -0.3 is 9.64 Å². The number of amides is 1. The molecule has 0 atom stereocenters. The van der Waals surface area contributed by atoms with Crippen LogP contribution in [0.3, 0.4) is 0 Å². The van der Waals surface area contributed by atoms with E-state index in [1.54, 1.807) is 13.8 Å². The maximum Gasteiger partial charge on any atom is 0.360 e. The monoisotopic (exact) mass is 280 g/mol. The van der Waals surface area contributed by atoms with Gasteiger partial charge in [0.15, 0.2) is 5.69 Å². The van der Waals surface area contributed by atoms with E-state index in [9.17, 15) is 9.59 Å². The number of carbonyl (C=O) groups is 2. The molecular formula is C13H20N4O3. The number of piperidine rings is 1. The Kier molecular flexibility index (Phi) is 4.70. The summed E-state index contributed by atoms with van der Waals surface area (Å²) in [5.41, 5.74) is 0.743. The second-order valence-corrected chi connectivity index (χ2v) is 4.84. The molecule has 20 heavy (non-hydrogen) atoms. The molecule has 1 fully saturated rings. The number of rotatable bonds is 4. The van der Waals surface area contributed by atoms with Crippen LogP contribution in [0.4, 0.5) is 0 Å². The van der Waals surface area contributed by atoms with Gasteiger partial charge in [0.2, 0.25) is 5.91 Å². The summed E-state index contributed by atoms with van der Waals surface area (Å²) in [7, 11) is 0. The average molecular weight is 280 g/mol. The highest BCUT2D eigenvalue weighted by Crippen LogP contribution is 2.11. The summed E-state index contributed by atoms with van der Waals surface area (Å²) >= 11 is 0. The molecule has 1 saturated heterocycles. The highest BCUT2D eigenvalue weighted by molar-refractivity contribution is 5.88. The van der Waals surface area contributed by atoms with Gasteiger partial charge in [0.1, 0.15) is 6.54 Å². The average Bonchev–Trinajstić information content (AvgIpc) is 2.81. The van der Waals surface area contributed by atoms with Crippen LogP contribution in [0.1, 0.15) is 42.4 Å². The smallest absolute Gasteiger partial charge is 0.360 e. The van der Waals surface area contributed by atoms with Crippen LogP contribution in [-0.4, -0.2) is 51.5 Å². The van der Waals surface area contributed by atoms with Crippen molar-refractivity contribution >= 4 is 11.9 Å². The molecular weight excluding hydrogens is 260 g/mol. The number of ether oxygens (including phenoxy) is 1. The van der Waals surface area contributed by atoms with Crippen LogP contribution in [-0.2, 0) is 16.1 Å². The van der Waals surface area contributed by atoms with E-state index in [4.69, 9.17) is 4.74 Å². The number of carbonyl (C=O) groups excluding carboxylic acids is 2. The summed E-state index contributed by atoms with van der Waals surface area (Å²) < 4.78 is 6.35. The quantitative estimate of drug-likeness (QED) is 0.761. The Labute approximate surface area is 117 Å². The molecule has 0 unspecified atom stereocenters. The molecule has 0 N–H and O–H groups in total. The van der Waals surface area contributed by atoms with Crippen LogP contribution in [0.5, 0.6) is 0 Å². The fourth-order valence-electron chi connectivity index (χ4n) is 2.27. The van der Waals surface area contributed by atoms with Crippen molar-refractivity contribution in [2.75, 3.05) is 19.7 Å². The molecule has 0 aromatic carbocycles. The molecule has 1 amide bonds. The van der Waals surface area contributed by atoms with E-state index in [1.807, 2.05) is 4.90 Å². The lowest BCUT2D eigenvalue weighted by molar-refractivity contribution is -0.133. The molecule has 1 aromatic rings. The molecule has 2 heterocycles. The molecule has 2 rings (SSSR count). The second-order valence-electron chi connectivity index (χ2n) is 4.84. The minimum absolute atomic E-state index is 0.0214. The highest BCUT2D eigenvalue weighted by Gasteiger charge is 2.21. The zero-order valence-corrected chi connectivity index (χ0v) is 12.0. The molecule has 0 radical (unpaired) electrons. The highest BCUT2D eigenvalue weighted by atomic mass is 16.5. The van der Waals surface area contributed by atoms with E-state index in [1.165, 1.54) is 11.1 Å². The van der Waals surface area contributed by atoms with Crippen LogP contribution in [0.2, 0.25) is 0 Å². The lowest BCUT2D eigenvalue weighted by Crippen LogP contribution is -2.38. The first-order chi connectivity index (χ1) is 9.63. The maximum atomic E-state index is 12.1. The SMILES string of the molecule is CCOC(=O)c1nnn(CC(=O)N2CCCCC2)c1C. The molecule has 110 valence electrons. The van der Waals surface area contributed by atoms with Gasteiger partial charge >= 0.3 is 5.97 Å². The molecule has 1 aromatic heterocycles. The Morgan fingerprint density at radius 3 is 2.60 bits per heavy atom. The third-order valence-electron chi connectivity index (χ3n) is 3.45. The number of hydrogen-bond acceptors (Lipinski definition) is 5. The van der Waals surface area contributed by atoms with Crippen LogP contribution in [0.15, 0.2) is 0 Å². The molecule has 0 aliphatic carbocycles. The Hall–Kier alpha value is -1.92. The van der Waals surface area contributed by atoms with Gasteiger partial charge in [-0.15, -0.1) is 5.10 Å². The van der Waals surface area contributed by atoms with Gasteiger partial charge in [-0.2, -0.15) is 0 Å². The van der Waals surface area contributed by atoms with Crippen LogP contribution in [0.25, 0.3) is 0 Å². The van der Waals surface area contributed by atoms with Gasteiger partial charge in [-0.1, -0.05) is 5.21 Å². The zero-order valence-electron chi connectivity index (χ0n) is 12.0. The van der Waals surface area contributed by atoms with Crippen LogP contribution >= 0.6 is 0 Å². The lowest BCUT2D eigenvalue weighted by Gasteiger charge is -2.26. The minimum Gasteiger partial charge on any atom is -0.461 e. The van der Waals surface area contributed by atoms with Crippen molar-refractivity contribution in [3.63, 3.8) is 0 Å². The van der Waals surface area contributed by atoms with E-state index < -0.39 is 5.97 Å². The summed E-state index contributed by atoms with van der Waals surface area (Å²) in [6.45, 7) is 5.47. The molecule has 0 spiro atoms. The summed E-state index contributed by atoms with van der Waals surface area (Å²) in [5, 5.41) is 7.67. The number of aromatic nitrogens is 3. The summed E-state index contributed by atoms with van der Waals surface area (Å²) in [6.07, 6.45) is 3.28. The summed E-state index contributed by atoms with van der Waals surface area (Å²) in [6, 6.07) is 0. The third-order valence-corrected chi connectivity index (χ3v) is 3.45. The topological polar surface area (TPSA) is 77.3 Å². The van der Waals surface area contributed by atoms with Crippen LogP contribution in [0, 0.1) is 6.92 Å². The first-order valence-corrected chi connectivity index (χ1v) is 6.98. The van der Waals surface area contributed by atoms with Crippen molar-refractivity contribution < 1.29 is 14.3 Å². The number of likely N-dealkylation sites (tertiary alicyclic amines) is 1. The van der Waals surface area contributed by atoms with E-state index in [0.29, 0.717) is 5.69 Å². The number of nitrogens with zero attached hydrogens (tertiary/aromatic N) is 4. The fraction of sp³-hybridized carbons (Fsp3) is 0.692. The largest absolute Gasteiger partial charge is 0.461 e. The van der Waals surface area contributed by atoms with Crippen molar-refractivity contribution in [2.24, 2.45) is 0 Å². The van der Waals surface area contributed by atoms with E-state index in [0.717, 1.165) is 25.9 Å². The second kappa shape index (κ2) is 6.49. The molecule has 1 aliphatic rings. The summed E-state index contributed by atoms with van der Waals surface area (Å²) in [4.78, 5) is 25.6. The molecule has 0 saturated carbocycles. The normalized spacial score (nSPS) is 15.2. The summed E-state index contributed by atoms with van der Waals surface area (Å²) in [5.74, 6) is -0.477. The van der Waals surface area contributed by atoms with Crippen LogP contribution < -0.4 is 0 Å². The number of esters is 1. The van der Waals surface area contributed by atoms with Crippen molar-refractivity contribution in [1.29, 1.82) is 0 Å². The van der Waals surface area contributed by atoms with Gasteiger partial charge in [-0.05, 0) is 33.1 Å². The Bertz CT molecular complexity index is 492. The lowest BCUT2D eigenvalue weighted by atomic mass is 10.1. The van der Waals surface area contributed by atoms with Crippen molar-refractivity contribution in [3.8, 4) is 0 Å². The first-order valence-electron chi connectivity index (χ1n) is 6.98. The van der Waals surface area contributed by atoms with E-state index >= 15 is 0 Å². The van der Waals surface area contributed by atoms with Crippen molar-refractivity contribution in [3.05, 3.63) is 11.4 Å². The number of hydrogen-bond donors (Lipinski definition) is 0. The zero-order chi connectivity index (χ0) is 14.5. The Morgan fingerprint density at radius 2 is 1.95 bits per heavy atom. The molecule has 0 bridgehead atoms. The van der Waals surface area contributed by atoms with Gasteiger partial charge in [-0.25, -0.2) is 9.48 Å². The van der Waals surface area contributed by atoms with Gasteiger partial charge in [0.05, 0.1) is 12.3 Å². The molecule has 7 nitrogen and oxygen atoms in total. The fourth-order valence-corrected chi connectivity index (χ4v) is 2.27. The maximum absolute atomic E-state index is 12.1. The Morgan fingerprint density at radius 1 is 1.25 bits per heavy atom. The predicted molar refractivity (Wildman–Crippen MR) is 71.1 cm³/mol. The van der Waals surface area contributed by atoms with Crippen molar-refractivity contribution in [2.45, 2.75) is 39.7 Å². The first kappa shape index (κ1) is 14.5. The third kappa shape index (κ3) is 3.15. The minimum atomic E-state index is -0.498. The standard InChI is InChI=1S/C13H20N4O3/c1-3-20-13(19)12-10(2)17(15-14-12)9-11(18)16-7-5-4-6-8-16/h3-9H2,1-2H3. The van der Waals surface area contributed by atoms with Gasteiger partial charge in [0.25, 0.3) is 0 Å².